The first-order chi connectivity index (χ1) is 9.49. The van der Waals surface area contributed by atoms with Gasteiger partial charge in [0.25, 0.3) is 0 Å². The van der Waals surface area contributed by atoms with Crippen molar-refractivity contribution < 1.29 is 19.2 Å². The van der Waals surface area contributed by atoms with Crippen molar-refractivity contribution >= 4 is 35.6 Å². The molecule has 20 heavy (non-hydrogen) atoms. The molecule has 1 heterocycles. The van der Waals surface area contributed by atoms with Gasteiger partial charge >= 0.3 is 11.8 Å². The SMILES string of the molecule is CCCN(SC1CC(=O)NC1=O)C(=O)C(=O)NNCC. The summed E-state index contributed by atoms with van der Waals surface area (Å²) in [6, 6.07) is 0. The first-order valence-corrected chi connectivity index (χ1v) is 7.18. The van der Waals surface area contributed by atoms with E-state index < -0.39 is 23.0 Å². The molecule has 1 aliphatic rings. The molecule has 1 aliphatic heterocycles. The zero-order valence-corrected chi connectivity index (χ0v) is 12.2. The molecule has 3 N–H and O–H groups in total. The van der Waals surface area contributed by atoms with Gasteiger partial charge in [-0.1, -0.05) is 13.8 Å². The van der Waals surface area contributed by atoms with Crippen molar-refractivity contribution in [2.75, 3.05) is 13.1 Å². The van der Waals surface area contributed by atoms with Crippen molar-refractivity contribution in [2.45, 2.75) is 31.9 Å². The fourth-order valence-corrected chi connectivity index (χ4v) is 2.66. The molecule has 1 fully saturated rings. The Morgan fingerprint density at radius 1 is 1.40 bits per heavy atom. The van der Waals surface area contributed by atoms with Crippen LogP contribution in [0.15, 0.2) is 0 Å². The van der Waals surface area contributed by atoms with Crippen LogP contribution < -0.4 is 16.2 Å². The van der Waals surface area contributed by atoms with E-state index in [1.165, 1.54) is 4.31 Å². The summed E-state index contributed by atoms with van der Waals surface area (Å²) in [5.41, 5.74) is 4.80. The van der Waals surface area contributed by atoms with Gasteiger partial charge in [0.15, 0.2) is 0 Å². The minimum Gasteiger partial charge on any atom is -0.295 e. The van der Waals surface area contributed by atoms with Crippen LogP contribution in [0.3, 0.4) is 0 Å². The molecular formula is C11H18N4O4S. The molecule has 9 heteroatoms. The molecule has 1 rings (SSSR count). The van der Waals surface area contributed by atoms with E-state index >= 15 is 0 Å². The van der Waals surface area contributed by atoms with E-state index in [-0.39, 0.29) is 12.3 Å². The maximum Gasteiger partial charge on any atom is 0.324 e. The summed E-state index contributed by atoms with van der Waals surface area (Å²) in [6.45, 7) is 4.43. The number of imide groups is 1. The van der Waals surface area contributed by atoms with Crippen molar-refractivity contribution in [1.29, 1.82) is 0 Å². The third-order valence-corrected chi connectivity index (χ3v) is 3.64. The molecule has 4 amide bonds. The molecule has 1 atom stereocenters. The summed E-state index contributed by atoms with van der Waals surface area (Å²) in [7, 11) is 0. The standard InChI is InChI=1S/C11H18N4O4S/c1-3-5-15(11(19)10(18)14-12-4-2)20-7-6-8(16)13-9(7)17/h7,12H,3-6H2,1-2H3,(H,14,18)(H,13,16,17). The number of amides is 4. The van der Waals surface area contributed by atoms with Crippen LogP contribution >= 0.6 is 11.9 Å². The van der Waals surface area contributed by atoms with Crippen LogP contribution in [-0.2, 0) is 19.2 Å². The van der Waals surface area contributed by atoms with E-state index in [1.54, 1.807) is 6.92 Å². The van der Waals surface area contributed by atoms with Crippen molar-refractivity contribution in [2.24, 2.45) is 0 Å². The maximum absolute atomic E-state index is 12.0. The van der Waals surface area contributed by atoms with Gasteiger partial charge in [0.05, 0.1) is 0 Å². The molecule has 0 bridgehead atoms. The summed E-state index contributed by atoms with van der Waals surface area (Å²) >= 11 is 0.921. The second-order valence-corrected chi connectivity index (χ2v) is 5.32. The third kappa shape index (κ3) is 4.49. The topological polar surface area (TPSA) is 108 Å². The van der Waals surface area contributed by atoms with E-state index in [9.17, 15) is 19.2 Å². The molecule has 0 radical (unpaired) electrons. The summed E-state index contributed by atoms with van der Waals surface area (Å²) in [5.74, 6) is -2.34. The highest BCUT2D eigenvalue weighted by molar-refractivity contribution is 7.99. The van der Waals surface area contributed by atoms with E-state index in [0.717, 1.165) is 11.9 Å². The van der Waals surface area contributed by atoms with Gasteiger partial charge in [-0.05, 0) is 18.4 Å². The number of carbonyl (C=O) groups excluding carboxylic acids is 4. The minimum atomic E-state index is -0.794. The fraction of sp³-hybridized carbons (Fsp3) is 0.636. The highest BCUT2D eigenvalue weighted by atomic mass is 32.2. The van der Waals surface area contributed by atoms with E-state index in [2.05, 4.69) is 16.2 Å². The Morgan fingerprint density at radius 2 is 2.10 bits per heavy atom. The van der Waals surface area contributed by atoms with Crippen molar-refractivity contribution in [3.63, 3.8) is 0 Å². The van der Waals surface area contributed by atoms with Crippen LogP contribution in [0.1, 0.15) is 26.7 Å². The monoisotopic (exact) mass is 302 g/mol. The van der Waals surface area contributed by atoms with E-state index in [0.29, 0.717) is 19.5 Å². The van der Waals surface area contributed by atoms with E-state index in [1.807, 2.05) is 6.92 Å². The predicted octanol–water partition coefficient (Wildman–Crippen LogP) is -1.07. The zero-order chi connectivity index (χ0) is 15.1. The lowest BCUT2D eigenvalue weighted by Crippen LogP contribution is -2.46. The Hall–Kier alpha value is -1.61. The lowest BCUT2D eigenvalue weighted by Gasteiger charge is -2.22. The Balaban J connectivity index is 2.63. The van der Waals surface area contributed by atoms with Gasteiger partial charge in [-0.2, -0.15) is 0 Å². The number of nitrogens with one attached hydrogen (secondary N) is 3. The van der Waals surface area contributed by atoms with Crippen LogP contribution in [0.2, 0.25) is 0 Å². The van der Waals surface area contributed by atoms with Crippen LogP contribution in [-0.4, -0.2) is 46.3 Å². The average molecular weight is 302 g/mol. The molecule has 0 aliphatic carbocycles. The lowest BCUT2D eigenvalue weighted by atomic mass is 10.4. The molecule has 1 saturated heterocycles. The minimum absolute atomic E-state index is 0.0197. The quantitative estimate of drug-likeness (QED) is 0.249. The Morgan fingerprint density at radius 3 is 2.60 bits per heavy atom. The fourth-order valence-electron chi connectivity index (χ4n) is 1.51. The number of nitrogens with zero attached hydrogens (tertiary/aromatic N) is 1. The number of hydrogen-bond acceptors (Lipinski definition) is 6. The summed E-state index contributed by atoms with van der Waals surface area (Å²) in [6.07, 6.45) is 0.654. The van der Waals surface area contributed by atoms with Gasteiger partial charge in [-0.15, -0.1) is 0 Å². The van der Waals surface area contributed by atoms with Crippen molar-refractivity contribution in [3.05, 3.63) is 0 Å². The van der Waals surface area contributed by atoms with Gasteiger partial charge in [0, 0.05) is 19.5 Å². The van der Waals surface area contributed by atoms with Gasteiger partial charge < -0.3 is 0 Å². The second-order valence-electron chi connectivity index (χ2n) is 4.10. The Labute approximate surface area is 121 Å². The first kappa shape index (κ1) is 16.4. The molecule has 1 unspecified atom stereocenters. The normalized spacial score (nSPS) is 17.8. The third-order valence-electron chi connectivity index (χ3n) is 2.41. The lowest BCUT2D eigenvalue weighted by molar-refractivity contribution is -0.143. The van der Waals surface area contributed by atoms with Gasteiger partial charge in [-0.3, -0.25) is 34.2 Å². The predicted molar refractivity (Wildman–Crippen MR) is 73.0 cm³/mol. The van der Waals surface area contributed by atoms with Crippen LogP contribution in [0.4, 0.5) is 0 Å². The molecule has 0 saturated carbocycles. The summed E-state index contributed by atoms with van der Waals surface area (Å²) in [5, 5.41) is 1.51. The van der Waals surface area contributed by atoms with Crippen LogP contribution in [0, 0.1) is 0 Å². The van der Waals surface area contributed by atoms with E-state index in [4.69, 9.17) is 0 Å². The molecule has 0 spiro atoms. The summed E-state index contributed by atoms with van der Waals surface area (Å²) in [4.78, 5) is 46.1. The number of rotatable bonds is 6. The Bertz CT molecular complexity index is 415. The van der Waals surface area contributed by atoms with Gasteiger partial charge in [0.2, 0.25) is 11.8 Å². The second kappa shape index (κ2) is 7.85. The van der Waals surface area contributed by atoms with Crippen molar-refractivity contribution in [1.82, 2.24) is 20.5 Å². The van der Waals surface area contributed by atoms with Crippen molar-refractivity contribution in [3.8, 4) is 0 Å². The number of hydrazine groups is 1. The number of carbonyl (C=O) groups is 4. The highest BCUT2D eigenvalue weighted by Gasteiger charge is 2.35. The highest BCUT2D eigenvalue weighted by Crippen LogP contribution is 2.24. The van der Waals surface area contributed by atoms with Crippen LogP contribution in [0.5, 0.6) is 0 Å². The smallest absolute Gasteiger partial charge is 0.295 e. The zero-order valence-electron chi connectivity index (χ0n) is 11.4. The molecular weight excluding hydrogens is 284 g/mol. The first-order valence-electron chi connectivity index (χ1n) is 6.34. The van der Waals surface area contributed by atoms with Gasteiger partial charge in [-0.25, -0.2) is 5.43 Å². The largest absolute Gasteiger partial charge is 0.324 e. The number of hydrogen-bond donors (Lipinski definition) is 3. The maximum atomic E-state index is 12.0. The van der Waals surface area contributed by atoms with Gasteiger partial charge in [0.1, 0.15) is 5.25 Å². The molecule has 0 aromatic carbocycles. The molecule has 0 aromatic heterocycles. The Kier molecular flexibility index (Phi) is 6.46. The molecule has 0 aromatic rings. The molecule has 112 valence electrons. The average Bonchev–Trinajstić information content (AvgIpc) is 2.72. The summed E-state index contributed by atoms with van der Waals surface area (Å²) < 4.78 is 1.22. The molecule has 8 nitrogen and oxygen atoms in total. The van der Waals surface area contributed by atoms with Crippen LogP contribution in [0.25, 0.3) is 0 Å².